The van der Waals surface area contributed by atoms with E-state index in [-0.39, 0.29) is 10.5 Å². The molecule has 0 atom stereocenters. The van der Waals surface area contributed by atoms with Crippen LogP contribution in [0.25, 0.3) is 5.57 Å². The third-order valence-corrected chi connectivity index (χ3v) is 5.72. The van der Waals surface area contributed by atoms with Crippen molar-refractivity contribution in [1.82, 2.24) is 4.72 Å². The van der Waals surface area contributed by atoms with Crippen LogP contribution in [-0.2, 0) is 14.8 Å². The summed E-state index contributed by atoms with van der Waals surface area (Å²) in [6.07, 6.45) is 1.44. The first kappa shape index (κ1) is 21.1. The van der Waals surface area contributed by atoms with E-state index in [9.17, 15) is 13.2 Å². The Morgan fingerprint density at radius 1 is 0.833 bits per heavy atom. The second-order valence-corrected chi connectivity index (χ2v) is 8.49. The average molecular weight is 416 g/mol. The lowest BCUT2D eigenvalue weighted by Crippen LogP contribution is -2.31. The highest BCUT2D eigenvalue weighted by atomic mass is 32.2. The molecule has 3 aromatic rings. The van der Waals surface area contributed by atoms with Crippen LogP contribution in [0, 0.1) is 25.7 Å². The van der Waals surface area contributed by atoms with Crippen LogP contribution in [0.1, 0.15) is 22.3 Å². The van der Waals surface area contributed by atoms with E-state index in [4.69, 9.17) is 0 Å². The molecular weight excluding hydrogens is 394 g/mol. The van der Waals surface area contributed by atoms with Gasteiger partial charge >= 0.3 is 0 Å². The first-order valence-electron chi connectivity index (χ1n) is 9.33. The Bertz CT molecular complexity index is 1230. The summed E-state index contributed by atoms with van der Waals surface area (Å²) >= 11 is 0. The highest BCUT2D eigenvalue weighted by Crippen LogP contribution is 2.16. The highest BCUT2D eigenvalue weighted by Gasteiger charge is 2.20. The molecule has 0 saturated carbocycles. The molecule has 30 heavy (non-hydrogen) atoms. The first-order valence-corrected chi connectivity index (χ1v) is 10.8. The molecule has 0 aliphatic carbocycles. The molecule has 0 spiro atoms. The third-order valence-electron chi connectivity index (χ3n) is 4.37. The fourth-order valence-electron chi connectivity index (χ4n) is 2.68. The minimum atomic E-state index is -4.00. The fourth-order valence-corrected chi connectivity index (χ4v) is 3.65. The Labute approximate surface area is 177 Å². The van der Waals surface area contributed by atoms with Gasteiger partial charge in [-0.15, -0.1) is 0 Å². The van der Waals surface area contributed by atoms with Gasteiger partial charge in [-0.1, -0.05) is 77.6 Å². The average Bonchev–Trinajstić information content (AvgIpc) is 2.73. The monoisotopic (exact) mass is 415 g/mol. The number of rotatable bonds is 4. The van der Waals surface area contributed by atoms with Crippen molar-refractivity contribution in [2.45, 2.75) is 18.7 Å². The van der Waals surface area contributed by atoms with Crippen molar-refractivity contribution in [3.63, 3.8) is 0 Å². The molecule has 0 aliphatic rings. The smallest absolute Gasteiger partial charge is 0.266 e. The van der Waals surface area contributed by atoms with Crippen molar-refractivity contribution in [1.29, 1.82) is 0 Å². The van der Waals surface area contributed by atoms with Gasteiger partial charge in [0.15, 0.2) is 0 Å². The Morgan fingerprint density at radius 2 is 1.40 bits per heavy atom. The van der Waals surface area contributed by atoms with Crippen LogP contribution in [-0.4, -0.2) is 14.3 Å². The van der Waals surface area contributed by atoms with Gasteiger partial charge in [0, 0.05) is 11.6 Å². The van der Waals surface area contributed by atoms with Gasteiger partial charge in [-0.05, 0) is 43.7 Å². The van der Waals surface area contributed by atoms with Gasteiger partial charge in [-0.2, -0.15) is 0 Å². The molecule has 1 amide bonds. The molecule has 0 aromatic heterocycles. The number of carbonyl (C=O) groups is 1. The van der Waals surface area contributed by atoms with Crippen molar-refractivity contribution in [3.8, 4) is 11.8 Å². The first-order chi connectivity index (χ1) is 14.3. The summed E-state index contributed by atoms with van der Waals surface area (Å²) < 4.78 is 27.4. The summed E-state index contributed by atoms with van der Waals surface area (Å²) in [6.45, 7) is 3.85. The normalized spacial score (nSPS) is 11.3. The quantitative estimate of drug-likeness (QED) is 0.512. The van der Waals surface area contributed by atoms with Crippen LogP contribution >= 0.6 is 0 Å². The number of hydrogen-bond donors (Lipinski definition) is 1. The van der Waals surface area contributed by atoms with Crippen LogP contribution < -0.4 is 4.72 Å². The van der Waals surface area contributed by atoms with Crippen LogP contribution in [0.4, 0.5) is 0 Å². The number of allylic oxidation sites excluding steroid dienone is 1. The molecule has 3 aromatic carbocycles. The van der Waals surface area contributed by atoms with E-state index in [0.717, 1.165) is 16.7 Å². The van der Waals surface area contributed by atoms with Crippen LogP contribution in [0.3, 0.4) is 0 Å². The summed E-state index contributed by atoms with van der Waals surface area (Å²) in [6, 6.07) is 22.8. The number of hydrogen-bond acceptors (Lipinski definition) is 3. The number of nitrogens with one attached hydrogen (secondary N) is 1. The molecule has 4 nitrogen and oxygen atoms in total. The van der Waals surface area contributed by atoms with E-state index in [2.05, 4.69) is 16.6 Å². The molecule has 0 unspecified atom stereocenters. The summed E-state index contributed by atoms with van der Waals surface area (Å²) in [5, 5.41) is 0. The molecular formula is C25H21NO3S. The molecule has 5 heteroatoms. The SMILES string of the molecule is Cc1ccc(C#C/C=C(/C(=O)NS(=O)(=O)c2ccc(C)cc2)c2ccccc2)cc1. The maximum absolute atomic E-state index is 12.9. The second kappa shape index (κ2) is 9.25. The van der Waals surface area contributed by atoms with Gasteiger partial charge < -0.3 is 0 Å². The van der Waals surface area contributed by atoms with Crippen LogP contribution in [0.2, 0.25) is 0 Å². The number of benzene rings is 3. The molecule has 150 valence electrons. The minimum Gasteiger partial charge on any atom is -0.268 e. The molecule has 0 aliphatic heterocycles. The van der Waals surface area contributed by atoms with E-state index in [0.29, 0.717) is 5.56 Å². The van der Waals surface area contributed by atoms with Gasteiger partial charge in [0.2, 0.25) is 0 Å². The van der Waals surface area contributed by atoms with Gasteiger partial charge in [0.05, 0.1) is 10.5 Å². The van der Waals surface area contributed by atoms with Gasteiger partial charge in [-0.25, -0.2) is 13.1 Å². The lowest BCUT2D eigenvalue weighted by molar-refractivity contribution is -0.114. The summed E-state index contributed by atoms with van der Waals surface area (Å²) in [4.78, 5) is 12.9. The third kappa shape index (κ3) is 5.47. The van der Waals surface area contributed by atoms with E-state index in [1.54, 1.807) is 36.4 Å². The predicted octanol–water partition coefficient (Wildman–Crippen LogP) is 4.24. The number of amides is 1. The molecule has 0 radical (unpaired) electrons. The second-order valence-electron chi connectivity index (χ2n) is 6.81. The lowest BCUT2D eigenvalue weighted by atomic mass is 10.1. The van der Waals surface area contributed by atoms with Crippen molar-refractivity contribution in [2.75, 3.05) is 0 Å². The number of carbonyl (C=O) groups excluding carboxylic acids is 1. The zero-order valence-electron chi connectivity index (χ0n) is 16.7. The van der Waals surface area contributed by atoms with E-state index >= 15 is 0 Å². The Morgan fingerprint density at radius 3 is 2.00 bits per heavy atom. The molecule has 1 N–H and O–H groups in total. The molecule has 0 fully saturated rings. The molecule has 0 heterocycles. The number of aryl methyl sites for hydroxylation is 2. The van der Waals surface area contributed by atoms with Gasteiger partial charge in [-0.3, -0.25) is 4.79 Å². The van der Waals surface area contributed by atoms with Crippen molar-refractivity contribution in [2.24, 2.45) is 0 Å². The van der Waals surface area contributed by atoms with Gasteiger partial charge in [0.25, 0.3) is 15.9 Å². The zero-order chi connectivity index (χ0) is 21.6. The highest BCUT2D eigenvalue weighted by molar-refractivity contribution is 7.90. The Balaban J connectivity index is 1.92. The Kier molecular flexibility index (Phi) is 6.51. The maximum atomic E-state index is 12.9. The van der Waals surface area contributed by atoms with Crippen molar-refractivity contribution in [3.05, 3.63) is 107 Å². The lowest BCUT2D eigenvalue weighted by Gasteiger charge is -2.10. The van der Waals surface area contributed by atoms with Crippen molar-refractivity contribution >= 4 is 21.5 Å². The van der Waals surface area contributed by atoms with E-state index < -0.39 is 15.9 Å². The molecule has 0 bridgehead atoms. The fraction of sp³-hybridized carbons (Fsp3) is 0.0800. The van der Waals surface area contributed by atoms with E-state index in [1.165, 1.54) is 18.2 Å². The zero-order valence-corrected chi connectivity index (χ0v) is 17.5. The maximum Gasteiger partial charge on any atom is 0.266 e. The summed E-state index contributed by atoms with van der Waals surface area (Å²) in [7, 11) is -4.00. The Hall–Kier alpha value is -3.62. The van der Waals surface area contributed by atoms with Gasteiger partial charge in [0.1, 0.15) is 0 Å². The summed E-state index contributed by atoms with van der Waals surface area (Å²) in [5.41, 5.74) is 3.61. The van der Waals surface area contributed by atoms with Crippen LogP contribution in [0.15, 0.2) is 89.8 Å². The topological polar surface area (TPSA) is 63.2 Å². The van der Waals surface area contributed by atoms with Crippen molar-refractivity contribution < 1.29 is 13.2 Å². The number of sulfonamides is 1. The van der Waals surface area contributed by atoms with E-state index in [1.807, 2.05) is 44.2 Å². The molecule has 0 saturated heterocycles. The standard InChI is InChI=1S/C25H21NO3S/c1-19-11-15-21(16-12-19)7-6-10-24(22-8-4-3-5-9-22)25(27)26-30(28,29)23-17-13-20(2)14-18-23/h3-5,8-18H,1-2H3,(H,26,27)/b24-10+. The largest absolute Gasteiger partial charge is 0.268 e. The molecule has 3 rings (SSSR count). The van der Waals surface area contributed by atoms with Crippen LogP contribution in [0.5, 0.6) is 0 Å². The predicted molar refractivity (Wildman–Crippen MR) is 119 cm³/mol. The summed E-state index contributed by atoms with van der Waals surface area (Å²) in [5.74, 6) is 5.10. The minimum absolute atomic E-state index is 0.0274.